The number of aryl methyl sites for hydroxylation is 1. The van der Waals surface area contributed by atoms with Crippen molar-refractivity contribution in [2.24, 2.45) is 0 Å². The van der Waals surface area contributed by atoms with Crippen molar-refractivity contribution < 1.29 is 13.9 Å². The van der Waals surface area contributed by atoms with Crippen LogP contribution in [0.3, 0.4) is 0 Å². The fraction of sp³-hybridized carbons (Fsp3) is 0.450. The number of thioether (sulfide) groups is 1. The second-order valence-corrected chi connectivity index (χ2v) is 7.60. The number of ether oxygens (including phenoxy) is 1. The lowest BCUT2D eigenvalue weighted by atomic mass is 10.1. The molecule has 2 aromatic rings. The van der Waals surface area contributed by atoms with Crippen LogP contribution in [0.2, 0.25) is 0 Å². The highest BCUT2D eigenvalue weighted by molar-refractivity contribution is 7.99. The van der Waals surface area contributed by atoms with Crippen molar-refractivity contribution in [1.29, 1.82) is 0 Å². The van der Waals surface area contributed by atoms with E-state index in [-0.39, 0.29) is 11.9 Å². The Bertz CT molecular complexity index is 667. The summed E-state index contributed by atoms with van der Waals surface area (Å²) < 4.78 is 10.4. The topological polar surface area (TPSA) is 54.7 Å². The molecule has 26 heavy (non-hydrogen) atoms. The summed E-state index contributed by atoms with van der Waals surface area (Å²) in [4.78, 5) is 14.8. The third-order valence-corrected chi connectivity index (χ3v) is 5.65. The maximum absolute atomic E-state index is 12.3. The number of carbonyl (C=O) groups excluding carboxylic acids is 1. The van der Waals surface area contributed by atoms with E-state index in [4.69, 9.17) is 9.15 Å². The lowest BCUT2D eigenvalue weighted by Gasteiger charge is -2.34. The van der Waals surface area contributed by atoms with Crippen LogP contribution in [0, 0.1) is 0 Å². The zero-order valence-electron chi connectivity index (χ0n) is 15.1. The van der Waals surface area contributed by atoms with Gasteiger partial charge >= 0.3 is 0 Å². The van der Waals surface area contributed by atoms with E-state index in [0.717, 1.165) is 47.9 Å². The second kappa shape index (κ2) is 9.69. The number of amides is 1. The third kappa shape index (κ3) is 5.29. The first-order valence-corrected chi connectivity index (χ1v) is 10.2. The Hall–Kier alpha value is -1.92. The first-order valence-electron chi connectivity index (χ1n) is 9.00. The molecule has 0 bridgehead atoms. The van der Waals surface area contributed by atoms with Gasteiger partial charge in [0.05, 0.1) is 25.7 Å². The molecule has 1 amide bonds. The summed E-state index contributed by atoms with van der Waals surface area (Å²) in [5.74, 6) is 3.20. The highest BCUT2D eigenvalue weighted by Gasteiger charge is 2.23. The molecule has 140 valence electrons. The normalized spacial score (nSPS) is 16.2. The number of hydrogen-bond donors (Lipinski definition) is 1. The van der Waals surface area contributed by atoms with Crippen molar-refractivity contribution in [1.82, 2.24) is 10.2 Å². The van der Waals surface area contributed by atoms with Gasteiger partial charge in [0, 0.05) is 43.1 Å². The molecular formula is C20H26N2O3S. The van der Waals surface area contributed by atoms with E-state index in [1.165, 1.54) is 0 Å². The molecule has 3 rings (SSSR count). The molecule has 1 N–H and O–H groups in total. The molecule has 0 radical (unpaired) electrons. The third-order valence-electron chi connectivity index (χ3n) is 4.71. The molecule has 0 saturated carbocycles. The van der Waals surface area contributed by atoms with E-state index in [1.807, 2.05) is 42.1 Å². The number of nitrogens with zero attached hydrogens (tertiary/aromatic N) is 1. The van der Waals surface area contributed by atoms with Crippen molar-refractivity contribution >= 4 is 17.7 Å². The monoisotopic (exact) mass is 374 g/mol. The minimum atomic E-state index is 0.0840. The molecule has 0 spiro atoms. The van der Waals surface area contributed by atoms with Crippen molar-refractivity contribution in [3.8, 4) is 5.75 Å². The molecule has 1 atom stereocenters. The van der Waals surface area contributed by atoms with Crippen molar-refractivity contribution in [3.63, 3.8) is 0 Å². The standard InChI is InChI=1S/C20H26N2O3S/c1-24-18-5-2-16(3-6-18)4-7-20(23)21-14-19(17-8-11-25-15-17)22-9-12-26-13-10-22/h2-3,5-6,8,11,15,19H,4,7,9-10,12-14H2,1H3,(H,21,23). The summed E-state index contributed by atoms with van der Waals surface area (Å²) in [6.45, 7) is 2.70. The minimum absolute atomic E-state index is 0.0840. The Morgan fingerprint density at radius 1 is 1.27 bits per heavy atom. The van der Waals surface area contributed by atoms with E-state index < -0.39 is 0 Å². The summed E-state index contributed by atoms with van der Waals surface area (Å²) in [7, 11) is 1.65. The molecule has 1 aromatic heterocycles. The molecule has 1 aromatic carbocycles. The van der Waals surface area contributed by atoms with Gasteiger partial charge in [0.2, 0.25) is 5.91 Å². The highest BCUT2D eigenvalue weighted by atomic mass is 32.2. The minimum Gasteiger partial charge on any atom is -0.497 e. The molecule has 1 fully saturated rings. The Morgan fingerprint density at radius 3 is 2.69 bits per heavy atom. The van der Waals surface area contributed by atoms with Crippen LogP contribution in [0.4, 0.5) is 0 Å². The number of benzene rings is 1. The number of furan rings is 1. The Kier molecular flexibility index (Phi) is 7.03. The number of nitrogens with one attached hydrogen (secondary N) is 1. The van der Waals surface area contributed by atoms with Crippen molar-refractivity contribution in [2.75, 3.05) is 38.2 Å². The van der Waals surface area contributed by atoms with Gasteiger partial charge in [0.25, 0.3) is 0 Å². The molecule has 6 heteroatoms. The molecule has 1 saturated heterocycles. The van der Waals surface area contributed by atoms with E-state index in [9.17, 15) is 4.79 Å². The molecule has 0 aliphatic carbocycles. The predicted molar refractivity (Wildman–Crippen MR) is 105 cm³/mol. The van der Waals surface area contributed by atoms with Crippen LogP contribution in [0.5, 0.6) is 5.75 Å². The first-order chi connectivity index (χ1) is 12.8. The van der Waals surface area contributed by atoms with Gasteiger partial charge in [-0.15, -0.1) is 0 Å². The van der Waals surface area contributed by atoms with Gasteiger partial charge in [-0.25, -0.2) is 0 Å². The molecule has 5 nitrogen and oxygen atoms in total. The zero-order chi connectivity index (χ0) is 18.2. The van der Waals surface area contributed by atoms with Gasteiger partial charge in [0.15, 0.2) is 0 Å². The van der Waals surface area contributed by atoms with Crippen molar-refractivity contribution in [2.45, 2.75) is 18.9 Å². The van der Waals surface area contributed by atoms with E-state index in [2.05, 4.69) is 10.2 Å². The summed E-state index contributed by atoms with van der Waals surface area (Å²) in [6.07, 6.45) is 4.70. The Morgan fingerprint density at radius 2 is 2.04 bits per heavy atom. The smallest absolute Gasteiger partial charge is 0.220 e. The summed E-state index contributed by atoms with van der Waals surface area (Å²) in [5, 5.41) is 3.11. The fourth-order valence-electron chi connectivity index (χ4n) is 3.16. The van der Waals surface area contributed by atoms with Crippen LogP contribution in [-0.2, 0) is 11.2 Å². The second-order valence-electron chi connectivity index (χ2n) is 6.37. The maximum atomic E-state index is 12.3. The number of methoxy groups -OCH3 is 1. The largest absolute Gasteiger partial charge is 0.497 e. The van der Waals surface area contributed by atoms with Crippen molar-refractivity contribution in [3.05, 3.63) is 54.0 Å². The lowest BCUT2D eigenvalue weighted by molar-refractivity contribution is -0.121. The van der Waals surface area contributed by atoms with Gasteiger partial charge in [-0.05, 0) is 30.2 Å². The average Bonchev–Trinajstić information content (AvgIpc) is 3.22. The predicted octanol–water partition coefficient (Wildman–Crippen LogP) is 3.13. The molecule has 1 unspecified atom stereocenters. The number of carbonyl (C=O) groups is 1. The van der Waals surface area contributed by atoms with E-state index in [0.29, 0.717) is 13.0 Å². The van der Waals surface area contributed by atoms with Gasteiger partial charge in [-0.1, -0.05) is 12.1 Å². The van der Waals surface area contributed by atoms with Crippen LogP contribution >= 0.6 is 11.8 Å². The molecule has 2 heterocycles. The fourth-order valence-corrected chi connectivity index (χ4v) is 4.09. The first kappa shape index (κ1) is 18.9. The molecular weight excluding hydrogens is 348 g/mol. The van der Waals surface area contributed by atoms with Gasteiger partial charge in [-0.3, -0.25) is 9.69 Å². The van der Waals surface area contributed by atoms with E-state index in [1.54, 1.807) is 19.6 Å². The number of hydrogen-bond acceptors (Lipinski definition) is 5. The van der Waals surface area contributed by atoms with Crippen LogP contribution in [0.25, 0.3) is 0 Å². The van der Waals surface area contributed by atoms with E-state index >= 15 is 0 Å². The van der Waals surface area contributed by atoms with Crippen LogP contribution in [0.15, 0.2) is 47.3 Å². The molecule has 1 aliphatic rings. The van der Waals surface area contributed by atoms with Crippen LogP contribution in [0.1, 0.15) is 23.6 Å². The lowest BCUT2D eigenvalue weighted by Crippen LogP contribution is -2.42. The van der Waals surface area contributed by atoms with Gasteiger partial charge in [0.1, 0.15) is 5.75 Å². The zero-order valence-corrected chi connectivity index (χ0v) is 16.0. The maximum Gasteiger partial charge on any atom is 0.220 e. The van der Waals surface area contributed by atoms with Crippen LogP contribution < -0.4 is 10.1 Å². The summed E-state index contributed by atoms with van der Waals surface area (Å²) in [5.41, 5.74) is 2.27. The molecule has 1 aliphatic heterocycles. The Labute approximate surface area is 159 Å². The summed E-state index contributed by atoms with van der Waals surface area (Å²) >= 11 is 1.98. The number of rotatable bonds is 8. The SMILES string of the molecule is COc1ccc(CCC(=O)NCC(c2ccoc2)N2CCSCC2)cc1. The Balaban J connectivity index is 1.50. The summed E-state index contributed by atoms with van der Waals surface area (Å²) in [6, 6.07) is 10.0. The highest BCUT2D eigenvalue weighted by Crippen LogP contribution is 2.24. The van der Waals surface area contributed by atoms with Crippen LogP contribution in [-0.4, -0.2) is 49.1 Å². The van der Waals surface area contributed by atoms with Gasteiger partial charge < -0.3 is 14.5 Å². The quantitative estimate of drug-likeness (QED) is 0.769. The van der Waals surface area contributed by atoms with Gasteiger partial charge in [-0.2, -0.15) is 11.8 Å². The average molecular weight is 375 g/mol.